The highest BCUT2D eigenvalue weighted by Crippen LogP contribution is 2.27. The molecule has 0 bridgehead atoms. The summed E-state index contributed by atoms with van der Waals surface area (Å²) < 4.78 is 0. The van der Waals surface area contributed by atoms with Gasteiger partial charge in [0.1, 0.15) is 0 Å². The minimum Gasteiger partial charge on any atom is -0.315 e. The lowest BCUT2D eigenvalue weighted by molar-refractivity contribution is 0.0721. The van der Waals surface area contributed by atoms with Crippen LogP contribution in [0.1, 0.15) is 42.6 Å². The molecule has 1 aromatic rings. The van der Waals surface area contributed by atoms with E-state index in [1.807, 2.05) is 19.1 Å². The zero-order chi connectivity index (χ0) is 11.8. The minimum atomic E-state index is -0.181. The van der Waals surface area contributed by atoms with Gasteiger partial charge in [-0.1, -0.05) is 38.1 Å². The third-order valence-electron chi connectivity index (χ3n) is 3.42. The highest BCUT2D eigenvalue weighted by Gasteiger charge is 2.39. The van der Waals surface area contributed by atoms with Crippen LogP contribution in [-0.2, 0) is 0 Å². The molecule has 0 radical (unpaired) electrons. The molecule has 16 heavy (non-hydrogen) atoms. The Labute approximate surface area is 97.1 Å². The van der Waals surface area contributed by atoms with Gasteiger partial charge in [0.15, 0.2) is 5.78 Å². The van der Waals surface area contributed by atoms with Crippen molar-refractivity contribution in [3.63, 3.8) is 0 Å². The van der Waals surface area contributed by atoms with Crippen LogP contribution in [0.2, 0.25) is 0 Å². The molecule has 0 amide bonds. The van der Waals surface area contributed by atoms with Crippen LogP contribution in [0.15, 0.2) is 24.3 Å². The van der Waals surface area contributed by atoms with E-state index >= 15 is 0 Å². The Balaban J connectivity index is 2.18. The molecule has 0 saturated carbocycles. The molecular formula is C14H19NO. The number of carbonyl (C=O) groups is 1. The molecule has 1 fully saturated rings. The standard InChI is InChI=1S/C14H19NO/c1-10(2)11-4-6-12(7-5-11)13(16)14(3)8-15-9-14/h4-7,10,15H,8-9H2,1-3H3. The molecule has 1 heterocycles. The first-order valence-electron chi connectivity index (χ1n) is 5.88. The molecule has 1 aromatic carbocycles. The number of ketones is 1. The van der Waals surface area contributed by atoms with E-state index in [-0.39, 0.29) is 11.2 Å². The number of Topliss-reactive ketones (excluding diaryl/α,β-unsaturated/α-hetero) is 1. The Bertz CT molecular complexity index is 388. The molecule has 0 aromatic heterocycles. The molecule has 1 saturated heterocycles. The molecule has 2 heteroatoms. The number of carbonyl (C=O) groups excluding carboxylic acids is 1. The van der Waals surface area contributed by atoms with E-state index in [2.05, 4.69) is 31.3 Å². The van der Waals surface area contributed by atoms with Gasteiger partial charge in [0.05, 0.1) is 5.41 Å². The summed E-state index contributed by atoms with van der Waals surface area (Å²) in [4.78, 5) is 12.2. The van der Waals surface area contributed by atoms with Gasteiger partial charge in [-0.3, -0.25) is 4.79 Å². The van der Waals surface area contributed by atoms with Gasteiger partial charge < -0.3 is 5.32 Å². The van der Waals surface area contributed by atoms with Gasteiger partial charge in [0.2, 0.25) is 0 Å². The largest absolute Gasteiger partial charge is 0.315 e. The number of hydrogen-bond donors (Lipinski definition) is 1. The van der Waals surface area contributed by atoms with Crippen LogP contribution < -0.4 is 5.32 Å². The number of benzene rings is 1. The van der Waals surface area contributed by atoms with E-state index in [1.54, 1.807) is 0 Å². The summed E-state index contributed by atoms with van der Waals surface area (Å²) in [6.45, 7) is 7.96. The van der Waals surface area contributed by atoms with Crippen molar-refractivity contribution >= 4 is 5.78 Å². The topological polar surface area (TPSA) is 29.1 Å². The maximum atomic E-state index is 12.2. The molecule has 0 unspecified atom stereocenters. The van der Waals surface area contributed by atoms with Crippen LogP contribution in [0, 0.1) is 5.41 Å². The van der Waals surface area contributed by atoms with Crippen molar-refractivity contribution in [2.45, 2.75) is 26.7 Å². The van der Waals surface area contributed by atoms with E-state index < -0.39 is 0 Å². The average molecular weight is 217 g/mol. The second-order valence-electron chi connectivity index (χ2n) is 5.27. The first kappa shape index (κ1) is 11.3. The Morgan fingerprint density at radius 1 is 1.25 bits per heavy atom. The van der Waals surface area contributed by atoms with Gasteiger partial charge in [-0.2, -0.15) is 0 Å². The summed E-state index contributed by atoms with van der Waals surface area (Å²) in [6, 6.07) is 8.04. The summed E-state index contributed by atoms with van der Waals surface area (Å²) in [7, 11) is 0. The first-order valence-corrected chi connectivity index (χ1v) is 5.88. The van der Waals surface area contributed by atoms with Gasteiger partial charge in [-0.25, -0.2) is 0 Å². The zero-order valence-electron chi connectivity index (χ0n) is 10.2. The van der Waals surface area contributed by atoms with Crippen LogP contribution in [0.5, 0.6) is 0 Å². The average Bonchev–Trinajstić information content (AvgIpc) is 2.25. The molecular weight excluding hydrogens is 198 g/mol. The highest BCUT2D eigenvalue weighted by molar-refractivity contribution is 6.01. The lowest BCUT2D eigenvalue weighted by atomic mass is 9.77. The lowest BCUT2D eigenvalue weighted by Crippen LogP contribution is -2.56. The van der Waals surface area contributed by atoms with Crippen molar-refractivity contribution in [3.8, 4) is 0 Å². The fraction of sp³-hybridized carbons (Fsp3) is 0.500. The summed E-state index contributed by atoms with van der Waals surface area (Å²) in [6.07, 6.45) is 0. The van der Waals surface area contributed by atoms with Crippen molar-refractivity contribution in [3.05, 3.63) is 35.4 Å². The van der Waals surface area contributed by atoms with Crippen LogP contribution in [0.3, 0.4) is 0 Å². The van der Waals surface area contributed by atoms with E-state index in [1.165, 1.54) is 5.56 Å². The molecule has 1 aliphatic heterocycles. The monoisotopic (exact) mass is 217 g/mol. The SMILES string of the molecule is CC(C)c1ccc(C(=O)C2(C)CNC2)cc1. The van der Waals surface area contributed by atoms with Crippen molar-refractivity contribution < 1.29 is 4.79 Å². The number of nitrogens with one attached hydrogen (secondary N) is 1. The molecule has 0 atom stereocenters. The Kier molecular flexibility index (Phi) is 2.85. The normalized spacial score (nSPS) is 18.2. The predicted molar refractivity (Wildman–Crippen MR) is 65.8 cm³/mol. The maximum absolute atomic E-state index is 12.2. The first-order chi connectivity index (χ1) is 7.53. The van der Waals surface area contributed by atoms with Crippen molar-refractivity contribution in [1.82, 2.24) is 5.32 Å². The van der Waals surface area contributed by atoms with E-state index in [9.17, 15) is 4.79 Å². The van der Waals surface area contributed by atoms with E-state index in [4.69, 9.17) is 0 Å². The van der Waals surface area contributed by atoms with Crippen LogP contribution in [-0.4, -0.2) is 18.9 Å². The quantitative estimate of drug-likeness (QED) is 0.788. The molecule has 2 rings (SSSR count). The zero-order valence-corrected chi connectivity index (χ0v) is 10.2. The summed E-state index contributed by atoms with van der Waals surface area (Å²) >= 11 is 0. The Morgan fingerprint density at radius 2 is 1.81 bits per heavy atom. The van der Waals surface area contributed by atoms with Crippen molar-refractivity contribution in [1.29, 1.82) is 0 Å². The summed E-state index contributed by atoms with van der Waals surface area (Å²) in [5.74, 6) is 0.784. The number of rotatable bonds is 3. The van der Waals surface area contributed by atoms with E-state index in [0.717, 1.165) is 18.7 Å². The van der Waals surface area contributed by atoms with Gasteiger partial charge in [0, 0.05) is 18.7 Å². The smallest absolute Gasteiger partial charge is 0.171 e. The fourth-order valence-electron chi connectivity index (χ4n) is 2.03. The van der Waals surface area contributed by atoms with Crippen LogP contribution in [0.25, 0.3) is 0 Å². The molecule has 86 valence electrons. The van der Waals surface area contributed by atoms with E-state index in [0.29, 0.717) is 5.92 Å². The third-order valence-corrected chi connectivity index (χ3v) is 3.42. The van der Waals surface area contributed by atoms with Gasteiger partial charge in [-0.05, 0) is 18.4 Å². The molecule has 1 aliphatic rings. The Morgan fingerprint density at radius 3 is 2.19 bits per heavy atom. The third kappa shape index (κ3) is 1.90. The van der Waals surface area contributed by atoms with Crippen LogP contribution >= 0.6 is 0 Å². The lowest BCUT2D eigenvalue weighted by Gasteiger charge is -2.37. The van der Waals surface area contributed by atoms with Gasteiger partial charge >= 0.3 is 0 Å². The highest BCUT2D eigenvalue weighted by atomic mass is 16.1. The molecule has 2 nitrogen and oxygen atoms in total. The molecule has 1 N–H and O–H groups in total. The molecule has 0 aliphatic carbocycles. The Hall–Kier alpha value is -1.15. The van der Waals surface area contributed by atoms with Gasteiger partial charge in [0.25, 0.3) is 0 Å². The minimum absolute atomic E-state index is 0.181. The maximum Gasteiger partial charge on any atom is 0.171 e. The van der Waals surface area contributed by atoms with Crippen molar-refractivity contribution in [2.24, 2.45) is 5.41 Å². The fourth-order valence-corrected chi connectivity index (χ4v) is 2.03. The van der Waals surface area contributed by atoms with Crippen LogP contribution in [0.4, 0.5) is 0 Å². The number of hydrogen-bond acceptors (Lipinski definition) is 2. The van der Waals surface area contributed by atoms with Crippen molar-refractivity contribution in [2.75, 3.05) is 13.1 Å². The van der Waals surface area contributed by atoms with Gasteiger partial charge in [-0.15, -0.1) is 0 Å². The molecule has 0 spiro atoms. The second kappa shape index (κ2) is 4.02. The predicted octanol–water partition coefficient (Wildman–Crippen LogP) is 2.60. The summed E-state index contributed by atoms with van der Waals surface area (Å²) in [5, 5.41) is 3.16. The summed E-state index contributed by atoms with van der Waals surface area (Å²) in [5.41, 5.74) is 1.95. The second-order valence-corrected chi connectivity index (χ2v) is 5.27.